The number of carbonyl (C=O) groups excluding carboxylic acids is 1. The van der Waals surface area contributed by atoms with Crippen molar-refractivity contribution in [2.24, 2.45) is 0 Å². The first-order chi connectivity index (χ1) is 12.7. The lowest BCUT2D eigenvalue weighted by molar-refractivity contribution is 0.0772. The summed E-state index contributed by atoms with van der Waals surface area (Å²) in [5, 5.41) is 4.22. The van der Waals surface area contributed by atoms with Crippen LogP contribution in [-0.2, 0) is 13.1 Å². The van der Waals surface area contributed by atoms with E-state index in [1.54, 1.807) is 30.4 Å². The Balaban J connectivity index is 1.50. The highest BCUT2D eigenvalue weighted by Crippen LogP contribution is 2.17. The van der Waals surface area contributed by atoms with E-state index in [0.717, 1.165) is 25.2 Å². The first-order valence-corrected chi connectivity index (χ1v) is 8.93. The van der Waals surface area contributed by atoms with Gasteiger partial charge in [-0.25, -0.2) is 9.50 Å². The zero-order valence-electron chi connectivity index (χ0n) is 14.9. The molecule has 134 valence electrons. The van der Waals surface area contributed by atoms with Gasteiger partial charge in [-0.1, -0.05) is 24.3 Å². The summed E-state index contributed by atoms with van der Waals surface area (Å²) in [6, 6.07) is 10.1. The van der Waals surface area contributed by atoms with E-state index in [2.05, 4.69) is 38.2 Å². The van der Waals surface area contributed by atoms with Crippen LogP contribution in [0, 0.1) is 0 Å². The number of benzene rings is 1. The van der Waals surface area contributed by atoms with E-state index in [9.17, 15) is 4.79 Å². The number of amides is 1. The molecule has 7 nitrogen and oxygen atoms in total. The van der Waals surface area contributed by atoms with Crippen molar-refractivity contribution in [1.29, 1.82) is 0 Å². The molecule has 3 aromatic rings. The van der Waals surface area contributed by atoms with Gasteiger partial charge in [-0.2, -0.15) is 4.98 Å². The average molecular weight is 350 g/mol. The quantitative estimate of drug-likeness (QED) is 0.704. The predicted octanol–water partition coefficient (Wildman–Crippen LogP) is 1.99. The van der Waals surface area contributed by atoms with Crippen LogP contribution in [0.1, 0.15) is 34.6 Å². The molecule has 0 unspecified atom stereocenters. The molecule has 1 saturated heterocycles. The molecule has 0 saturated carbocycles. The van der Waals surface area contributed by atoms with Gasteiger partial charge in [0.05, 0.1) is 0 Å². The monoisotopic (exact) mass is 350 g/mol. The summed E-state index contributed by atoms with van der Waals surface area (Å²) in [6.45, 7) is 3.78. The Morgan fingerprint density at radius 3 is 2.69 bits per heavy atom. The molecule has 1 fully saturated rings. The highest BCUT2D eigenvalue weighted by Gasteiger charge is 2.20. The molecule has 3 heterocycles. The number of nitrogens with zero attached hydrogens (tertiary/aromatic N) is 6. The minimum Gasteiger partial charge on any atom is -0.335 e. The first-order valence-electron chi connectivity index (χ1n) is 8.93. The second-order valence-corrected chi connectivity index (χ2v) is 6.71. The Bertz CT molecular complexity index is 882. The molecular formula is C19H22N6O. The van der Waals surface area contributed by atoms with E-state index in [1.807, 2.05) is 6.07 Å². The number of likely N-dealkylation sites (tertiary alicyclic amines) is 1. The van der Waals surface area contributed by atoms with Crippen LogP contribution in [-0.4, -0.2) is 55.4 Å². The fourth-order valence-electron chi connectivity index (χ4n) is 3.37. The van der Waals surface area contributed by atoms with Gasteiger partial charge >= 0.3 is 0 Å². The first kappa shape index (κ1) is 16.7. The van der Waals surface area contributed by atoms with Gasteiger partial charge in [0, 0.05) is 32.5 Å². The molecule has 0 bridgehead atoms. The van der Waals surface area contributed by atoms with Crippen LogP contribution in [0.4, 0.5) is 0 Å². The molecule has 4 rings (SSSR count). The maximum Gasteiger partial charge on any atom is 0.293 e. The molecule has 1 aromatic carbocycles. The molecule has 1 aliphatic rings. The number of fused-ring (bicyclic) bond motifs is 1. The van der Waals surface area contributed by atoms with Gasteiger partial charge in [0.1, 0.15) is 0 Å². The predicted molar refractivity (Wildman–Crippen MR) is 97.5 cm³/mol. The van der Waals surface area contributed by atoms with Crippen molar-refractivity contribution in [2.75, 3.05) is 20.1 Å². The summed E-state index contributed by atoms with van der Waals surface area (Å²) in [6.07, 6.45) is 5.91. The Hall–Kier alpha value is -2.80. The van der Waals surface area contributed by atoms with Crippen LogP contribution >= 0.6 is 0 Å². The molecule has 0 aliphatic carbocycles. The minimum absolute atomic E-state index is 0.170. The van der Waals surface area contributed by atoms with E-state index in [4.69, 9.17) is 0 Å². The highest BCUT2D eigenvalue weighted by molar-refractivity contribution is 5.90. The second kappa shape index (κ2) is 7.21. The molecule has 1 amide bonds. The van der Waals surface area contributed by atoms with Crippen molar-refractivity contribution in [3.63, 3.8) is 0 Å². The van der Waals surface area contributed by atoms with Crippen molar-refractivity contribution in [2.45, 2.75) is 25.9 Å². The van der Waals surface area contributed by atoms with E-state index < -0.39 is 0 Å². The zero-order chi connectivity index (χ0) is 17.9. The maximum absolute atomic E-state index is 12.7. The number of rotatable bonds is 5. The molecule has 0 N–H and O–H groups in total. The van der Waals surface area contributed by atoms with Crippen molar-refractivity contribution >= 4 is 11.7 Å². The van der Waals surface area contributed by atoms with Crippen molar-refractivity contribution in [3.8, 4) is 0 Å². The number of hydrogen-bond donors (Lipinski definition) is 0. The molecule has 1 aliphatic heterocycles. The lowest BCUT2D eigenvalue weighted by atomic mass is 10.1. The zero-order valence-corrected chi connectivity index (χ0v) is 14.9. The van der Waals surface area contributed by atoms with E-state index in [0.29, 0.717) is 12.3 Å². The van der Waals surface area contributed by atoms with Crippen molar-refractivity contribution < 1.29 is 4.79 Å². The number of carbonyl (C=O) groups is 1. The number of hydrogen-bond acceptors (Lipinski definition) is 5. The molecule has 2 aromatic heterocycles. The van der Waals surface area contributed by atoms with Crippen molar-refractivity contribution in [1.82, 2.24) is 29.4 Å². The van der Waals surface area contributed by atoms with Gasteiger partial charge < -0.3 is 4.90 Å². The van der Waals surface area contributed by atoms with Crippen molar-refractivity contribution in [3.05, 3.63) is 59.7 Å². The van der Waals surface area contributed by atoms with Gasteiger partial charge in [-0.15, -0.1) is 5.10 Å². The Morgan fingerprint density at radius 1 is 1.15 bits per heavy atom. The van der Waals surface area contributed by atoms with Gasteiger partial charge in [-0.05, 0) is 43.1 Å². The Labute approximate surface area is 152 Å². The molecular weight excluding hydrogens is 328 g/mol. The Morgan fingerprint density at radius 2 is 1.92 bits per heavy atom. The lowest BCUT2D eigenvalue weighted by Gasteiger charge is -2.21. The topological polar surface area (TPSA) is 66.6 Å². The van der Waals surface area contributed by atoms with Crippen LogP contribution in [0.3, 0.4) is 0 Å². The van der Waals surface area contributed by atoms with Crippen LogP contribution in [0.5, 0.6) is 0 Å². The summed E-state index contributed by atoms with van der Waals surface area (Å²) in [5.41, 5.74) is 2.44. The smallest absolute Gasteiger partial charge is 0.293 e. The lowest BCUT2D eigenvalue weighted by Crippen LogP contribution is -2.28. The van der Waals surface area contributed by atoms with Crippen LogP contribution in [0.25, 0.3) is 5.78 Å². The normalized spacial score (nSPS) is 14.8. The Kier molecular flexibility index (Phi) is 4.62. The fourth-order valence-corrected chi connectivity index (χ4v) is 3.37. The van der Waals surface area contributed by atoms with Crippen LogP contribution in [0.2, 0.25) is 0 Å². The fraction of sp³-hybridized carbons (Fsp3) is 0.368. The standard InChI is InChI=1S/C19H22N6O/c1-23(18(26)17-21-19-20-9-6-12-25(19)22-17)13-15-7-2-3-8-16(15)14-24-10-4-5-11-24/h2-3,6-9,12H,4-5,10-11,13-14H2,1H3. The maximum atomic E-state index is 12.7. The molecule has 0 radical (unpaired) electrons. The highest BCUT2D eigenvalue weighted by atomic mass is 16.2. The summed E-state index contributed by atoms with van der Waals surface area (Å²) >= 11 is 0. The third-order valence-electron chi connectivity index (χ3n) is 4.77. The van der Waals surface area contributed by atoms with E-state index >= 15 is 0 Å². The van der Waals surface area contributed by atoms with E-state index in [1.165, 1.54) is 22.9 Å². The average Bonchev–Trinajstić information content (AvgIpc) is 3.32. The summed E-state index contributed by atoms with van der Waals surface area (Å²) in [7, 11) is 1.79. The van der Waals surface area contributed by atoms with Gasteiger partial charge in [0.2, 0.25) is 5.82 Å². The van der Waals surface area contributed by atoms with Crippen LogP contribution in [0.15, 0.2) is 42.7 Å². The van der Waals surface area contributed by atoms with Gasteiger partial charge in [-0.3, -0.25) is 9.69 Å². The summed E-state index contributed by atoms with van der Waals surface area (Å²) in [4.78, 5) is 25.2. The molecule has 0 spiro atoms. The molecule has 7 heteroatoms. The third-order valence-corrected chi connectivity index (χ3v) is 4.77. The SMILES string of the molecule is CN(Cc1ccccc1CN1CCCC1)C(=O)c1nc2ncccn2n1. The van der Waals surface area contributed by atoms with E-state index in [-0.39, 0.29) is 11.7 Å². The largest absolute Gasteiger partial charge is 0.335 e. The summed E-state index contributed by atoms with van der Waals surface area (Å²) < 4.78 is 1.52. The molecule has 26 heavy (non-hydrogen) atoms. The van der Waals surface area contributed by atoms with Gasteiger partial charge in [0.25, 0.3) is 11.7 Å². The van der Waals surface area contributed by atoms with Gasteiger partial charge in [0.15, 0.2) is 0 Å². The third kappa shape index (κ3) is 3.43. The minimum atomic E-state index is -0.202. The number of aromatic nitrogens is 4. The molecule has 0 atom stereocenters. The van der Waals surface area contributed by atoms with Crippen LogP contribution < -0.4 is 0 Å². The second-order valence-electron chi connectivity index (χ2n) is 6.71. The summed E-state index contributed by atoms with van der Waals surface area (Å²) in [5.74, 6) is 0.397.